The normalized spacial score (nSPS) is 20.1. The van der Waals surface area contributed by atoms with Crippen LogP contribution in [-0.2, 0) is 10.0 Å². The van der Waals surface area contributed by atoms with Gasteiger partial charge in [0, 0.05) is 19.1 Å². The van der Waals surface area contributed by atoms with Crippen LogP contribution in [0.3, 0.4) is 0 Å². The highest BCUT2D eigenvalue weighted by molar-refractivity contribution is 7.89. The van der Waals surface area contributed by atoms with E-state index < -0.39 is 10.0 Å². The topological polar surface area (TPSA) is 72.6 Å². The average Bonchev–Trinajstić information content (AvgIpc) is 2.89. The number of nitrogens with zero attached hydrogens (tertiary/aromatic N) is 1. The zero-order chi connectivity index (χ0) is 15.6. The number of benzene rings is 1. The monoisotopic (exact) mass is 312 g/mol. The van der Waals surface area contributed by atoms with Crippen LogP contribution in [0.5, 0.6) is 5.75 Å². The Kier molecular flexibility index (Phi) is 4.91. The summed E-state index contributed by atoms with van der Waals surface area (Å²) in [5.74, 6) is 0.723. The number of hydrogen-bond donors (Lipinski definition) is 1. The molecule has 6 heteroatoms. The molecule has 1 aromatic rings. The fourth-order valence-electron chi connectivity index (χ4n) is 2.67. The maximum atomic E-state index is 12.7. The first-order chi connectivity index (χ1) is 9.86. The van der Waals surface area contributed by atoms with Crippen LogP contribution >= 0.6 is 0 Å². The molecule has 5 nitrogen and oxygen atoms in total. The van der Waals surface area contributed by atoms with E-state index in [4.69, 9.17) is 10.5 Å². The summed E-state index contributed by atoms with van der Waals surface area (Å²) in [5, 5.41) is 0. The maximum absolute atomic E-state index is 12.7. The summed E-state index contributed by atoms with van der Waals surface area (Å²) in [5.41, 5.74) is 6.51. The van der Waals surface area contributed by atoms with Crippen LogP contribution in [0, 0.1) is 6.92 Å². The van der Waals surface area contributed by atoms with Gasteiger partial charge in [0.25, 0.3) is 0 Å². The van der Waals surface area contributed by atoms with Crippen molar-refractivity contribution in [3.05, 3.63) is 23.8 Å². The average molecular weight is 312 g/mol. The number of aryl methyl sites for hydroxylation is 1. The molecule has 1 aromatic carbocycles. The molecule has 0 aromatic heterocycles. The highest BCUT2D eigenvalue weighted by Gasteiger charge is 2.34. The lowest BCUT2D eigenvalue weighted by Crippen LogP contribution is -2.39. The molecule has 1 saturated heterocycles. The summed E-state index contributed by atoms with van der Waals surface area (Å²) in [6, 6.07) is 4.95. The van der Waals surface area contributed by atoms with Crippen LogP contribution in [0.2, 0.25) is 0 Å². The van der Waals surface area contributed by atoms with Crippen molar-refractivity contribution in [1.29, 1.82) is 0 Å². The lowest BCUT2D eigenvalue weighted by atomic mass is 10.2. The van der Waals surface area contributed by atoms with Gasteiger partial charge in [0.15, 0.2) is 0 Å². The largest absolute Gasteiger partial charge is 0.491 e. The molecule has 0 saturated carbocycles. The second-order valence-electron chi connectivity index (χ2n) is 5.74. The van der Waals surface area contributed by atoms with Crippen molar-refractivity contribution >= 4 is 10.0 Å². The van der Waals surface area contributed by atoms with Gasteiger partial charge in [-0.1, -0.05) is 0 Å². The summed E-state index contributed by atoms with van der Waals surface area (Å²) in [6.07, 6.45) is 1.77. The van der Waals surface area contributed by atoms with Crippen molar-refractivity contribution in [2.24, 2.45) is 5.73 Å². The number of hydrogen-bond acceptors (Lipinski definition) is 4. The Hall–Kier alpha value is -1.11. The lowest BCUT2D eigenvalue weighted by Gasteiger charge is -2.23. The molecule has 0 unspecified atom stereocenters. The van der Waals surface area contributed by atoms with Gasteiger partial charge in [0.2, 0.25) is 10.0 Å². The van der Waals surface area contributed by atoms with E-state index in [1.165, 1.54) is 4.31 Å². The Morgan fingerprint density at radius 3 is 2.71 bits per heavy atom. The minimum Gasteiger partial charge on any atom is -0.491 e. The lowest BCUT2D eigenvalue weighted by molar-refractivity contribution is 0.240. The molecule has 1 fully saturated rings. The van der Waals surface area contributed by atoms with Crippen LogP contribution in [0.1, 0.15) is 32.3 Å². The van der Waals surface area contributed by atoms with E-state index in [-0.39, 0.29) is 12.1 Å². The Balaban J connectivity index is 2.31. The van der Waals surface area contributed by atoms with Gasteiger partial charge in [-0.25, -0.2) is 8.42 Å². The minimum absolute atomic E-state index is 0.0614. The molecule has 1 atom stereocenters. The van der Waals surface area contributed by atoms with Gasteiger partial charge in [-0.3, -0.25) is 0 Å². The van der Waals surface area contributed by atoms with Gasteiger partial charge in [-0.2, -0.15) is 4.31 Å². The van der Waals surface area contributed by atoms with E-state index in [1.807, 2.05) is 20.8 Å². The molecule has 2 N–H and O–H groups in total. The predicted octanol–water partition coefficient (Wildman–Crippen LogP) is 1.89. The summed E-state index contributed by atoms with van der Waals surface area (Å²) in [6.45, 7) is 6.67. The molecule has 2 rings (SSSR count). The zero-order valence-corrected chi connectivity index (χ0v) is 13.7. The van der Waals surface area contributed by atoms with Gasteiger partial charge in [0.05, 0.1) is 11.0 Å². The summed E-state index contributed by atoms with van der Waals surface area (Å²) in [7, 11) is -3.47. The van der Waals surface area contributed by atoms with E-state index in [1.54, 1.807) is 18.2 Å². The molecule has 118 valence electrons. The first-order valence-electron chi connectivity index (χ1n) is 7.35. The molecule has 0 radical (unpaired) electrons. The third kappa shape index (κ3) is 3.39. The molecule has 21 heavy (non-hydrogen) atoms. The summed E-state index contributed by atoms with van der Waals surface area (Å²) >= 11 is 0. The van der Waals surface area contributed by atoms with Gasteiger partial charge in [-0.05, 0) is 57.4 Å². The summed E-state index contributed by atoms with van der Waals surface area (Å²) < 4.78 is 32.6. The van der Waals surface area contributed by atoms with E-state index in [0.29, 0.717) is 18.0 Å². The van der Waals surface area contributed by atoms with Crippen LogP contribution < -0.4 is 10.5 Å². The Morgan fingerprint density at radius 1 is 1.43 bits per heavy atom. The first kappa shape index (κ1) is 16.3. The fourth-order valence-corrected chi connectivity index (χ4v) is 4.46. The molecule has 0 bridgehead atoms. The van der Waals surface area contributed by atoms with Crippen molar-refractivity contribution in [2.75, 3.05) is 13.1 Å². The highest BCUT2D eigenvalue weighted by atomic mass is 32.2. The van der Waals surface area contributed by atoms with Crippen molar-refractivity contribution < 1.29 is 13.2 Å². The minimum atomic E-state index is -3.47. The van der Waals surface area contributed by atoms with E-state index >= 15 is 0 Å². The Bertz CT molecular complexity index is 599. The highest BCUT2D eigenvalue weighted by Crippen LogP contribution is 2.28. The van der Waals surface area contributed by atoms with Crippen molar-refractivity contribution in [3.63, 3.8) is 0 Å². The molecule has 1 aliphatic heterocycles. The van der Waals surface area contributed by atoms with Crippen LogP contribution in [-0.4, -0.2) is 38.0 Å². The third-order valence-electron chi connectivity index (χ3n) is 3.71. The van der Waals surface area contributed by atoms with E-state index in [0.717, 1.165) is 24.2 Å². The summed E-state index contributed by atoms with van der Waals surface area (Å²) in [4.78, 5) is 0.316. The second-order valence-corrected chi connectivity index (χ2v) is 7.63. The molecular formula is C15H24N2O3S. The molecule has 1 heterocycles. The van der Waals surface area contributed by atoms with Gasteiger partial charge in [0.1, 0.15) is 5.75 Å². The van der Waals surface area contributed by atoms with Crippen molar-refractivity contribution in [2.45, 2.75) is 50.7 Å². The SMILES string of the molecule is Cc1cc(S(=O)(=O)N2CCC[C@H]2CN)ccc1OC(C)C. The molecule has 0 spiro atoms. The standard InChI is InChI=1S/C15H24N2O3S/c1-11(2)20-15-7-6-14(9-12(15)3)21(18,19)17-8-4-5-13(17)10-16/h6-7,9,11,13H,4-5,8,10,16H2,1-3H3/t13-/m0/s1. The smallest absolute Gasteiger partial charge is 0.243 e. The van der Waals surface area contributed by atoms with E-state index in [2.05, 4.69) is 0 Å². The fraction of sp³-hybridized carbons (Fsp3) is 0.600. The van der Waals surface area contributed by atoms with Gasteiger partial charge in [-0.15, -0.1) is 0 Å². The maximum Gasteiger partial charge on any atom is 0.243 e. The molecule has 0 amide bonds. The van der Waals surface area contributed by atoms with E-state index in [9.17, 15) is 8.42 Å². The quantitative estimate of drug-likeness (QED) is 0.901. The van der Waals surface area contributed by atoms with Crippen molar-refractivity contribution in [1.82, 2.24) is 4.31 Å². The predicted molar refractivity (Wildman–Crippen MR) is 82.9 cm³/mol. The number of rotatable bonds is 5. The number of nitrogens with two attached hydrogens (primary N) is 1. The zero-order valence-electron chi connectivity index (χ0n) is 12.9. The Morgan fingerprint density at radius 2 is 2.14 bits per heavy atom. The first-order valence-corrected chi connectivity index (χ1v) is 8.79. The molecular weight excluding hydrogens is 288 g/mol. The van der Waals surface area contributed by atoms with Crippen LogP contribution in [0.25, 0.3) is 0 Å². The second kappa shape index (κ2) is 6.34. The number of sulfonamides is 1. The van der Waals surface area contributed by atoms with Gasteiger partial charge < -0.3 is 10.5 Å². The molecule has 0 aliphatic carbocycles. The third-order valence-corrected chi connectivity index (χ3v) is 5.66. The Labute approximate surface area is 127 Å². The van der Waals surface area contributed by atoms with Crippen LogP contribution in [0.4, 0.5) is 0 Å². The van der Waals surface area contributed by atoms with Crippen molar-refractivity contribution in [3.8, 4) is 5.75 Å². The number of ether oxygens (including phenoxy) is 1. The van der Waals surface area contributed by atoms with Crippen LogP contribution in [0.15, 0.2) is 23.1 Å². The molecule has 1 aliphatic rings. The van der Waals surface area contributed by atoms with Gasteiger partial charge >= 0.3 is 0 Å².